The van der Waals surface area contributed by atoms with E-state index in [0.717, 1.165) is 5.56 Å². The molecule has 0 atom stereocenters. The van der Waals surface area contributed by atoms with Crippen LogP contribution in [-0.2, 0) is 4.79 Å². The van der Waals surface area contributed by atoms with Crippen LogP contribution in [0.25, 0.3) is 11.3 Å². The summed E-state index contributed by atoms with van der Waals surface area (Å²) in [7, 11) is 0. The number of hydrazone groups is 1. The first-order chi connectivity index (χ1) is 13.0. The highest BCUT2D eigenvalue weighted by atomic mass is 35.5. The monoisotopic (exact) mass is 422 g/mol. The van der Waals surface area contributed by atoms with Gasteiger partial charge in [0.25, 0.3) is 5.91 Å². The summed E-state index contributed by atoms with van der Waals surface area (Å²) in [4.78, 5) is 11.7. The average molecular weight is 424 g/mol. The van der Waals surface area contributed by atoms with Gasteiger partial charge in [-0.25, -0.2) is 5.43 Å². The fourth-order valence-electron chi connectivity index (χ4n) is 2.11. The second kappa shape index (κ2) is 8.95. The molecule has 0 radical (unpaired) electrons. The number of hydrogen-bond acceptors (Lipinski definition) is 4. The molecule has 0 spiro atoms. The summed E-state index contributed by atoms with van der Waals surface area (Å²) >= 11 is 17.7. The van der Waals surface area contributed by atoms with E-state index in [9.17, 15) is 4.79 Å². The van der Waals surface area contributed by atoms with Crippen LogP contribution in [0.1, 0.15) is 5.76 Å². The number of ether oxygens (including phenoxy) is 1. The Kier molecular flexibility index (Phi) is 6.40. The van der Waals surface area contributed by atoms with E-state index in [0.29, 0.717) is 32.3 Å². The quantitative estimate of drug-likeness (QED) is 0.424. The fraction of sp³-hybridized carbons (Fsp3) is 0.0526. The van der Waals surface area contributed by atoms with Crippen LogP contribution in [0.2, 0.25) is 15.1 Å². The van der Waals surface area contributed by atoms with E-state index in [1.807, 2.05) is 0 Å². The summed E-state index contributed by atoms with van der Waals surface area (Å²) in [5.74, 6) is 1.20. The second-order valence-corrected chi connectivity index (χ2v) is 6.62. The van der Waals surface area contributed by atoms with E-state index >= 15 is 0 Å². The number of furan rings is 1. The SMILES string of the molecule is O=C(COc1ccc(Cl)cc1)N/N=C/c1ccc(-c2ccc(Cl)c(Cl)c2)o1. The second-order valence-electron chi connectivity index (χ2n) is 5.37. The minimum absolute atomic E-state index is 0.175. The number of amides is 1. The van der Waals surface area contributed by atoms with E-state index in [1.54, 1.807) is 54.6 Å². The summed E-state index contributed by atoms with van der Waals surface area (Å²) < 4.78 is 11.0. The predicted octanol–water partition coefficient (Wildman–Crippen LogP) is 5.44. The Labute approximate surface area is 170 Å². The van der Waals surface area contributed by atoms with Crippen molar-refractivity contribution in [3.63, 3.8) is 0 Å². The van der Waals surface area contributed by atoms with Crippen LogP contribution >= 0.6 is 34.8 Å². The van der Waals surface area contributed by atoms with Crippen LogP contribution in [0, 0.1) is 0 Å². The van der Waals surface area contributed by atoms with Crippen molar-refractivity contribution in [2.75, 3.05) is 6.61 Å². The molecule has 1 heterocycles. The van der Waals surface area contributed by atoms with Gasteiger partial charge in [-0.05, 0) is 54.6 Å². The lowest BCUT2D eigenvalue weighted by molar-refractivity contribution is -0.123. The Bertz CT molecular complexity index is 969. The van der Waals surface area contributed by atoms with Crippen molar-refractivity contribution in [3.05, 3.63) is 75.4 Å². The molecular formula is C19H13Cl3N2O3. The highest BCUT2D eigenvalue weighted by Gasteiger charge is 2.07. The number of rotatable bonds is 6. The smallest absolute Gasteiger partial charge is 0.277 e. The highest BCUT2D eigenvalue weighted by Crippen LogP contribution is 2.29. The molecule has 0 fully saturated rings. The van der Waals surface area contributed by atoms with Crippen molar-refractivity contribution in [3.8, 4) is 17.1 Å². The van der Waals surface area contributed by atoms with Gasteiger partial charge in [-0.2, -0.15) is 5.10 Å². The summed E-state index contributed by atoms with van der Waals surface area (Å²) in [5, 5.41) is 5.34. The molecule has 138 valence electrons. The largest absolute Gasteiger partial charge is 0.484 e. The van der Waals surface area contributed by atoms with Gasteiger partial charge in [0, 0.05) is 10.6 Å². The summed E-state index contributed by atoms with van der Waals surface area (Å²) in [5.41, 5.74) is 3.14. The zero-order chi connectivity index (χ0) is 19.2. The average Bonchev–Trinajstić information content (AvgIpc) is 3.12. The molecule has 1 aromatic heterocycles. The van der Waals surface area contributed by atoms with Gasteiger partial charge < -0.3 is 9.15 Å². The molecule has 0 unspecified atom stereocenters. The van der Waals surface area contributed by atoms with Crippen LogP contribution in [0.5, 0.6) is 5.75 Å². The van der Waals surface area contributed by atoms with Crippen LogP contribution in [0.15, 0.2) is 64.1 Å². The van der Waals surface area contributed by atoms with Gasteiger partial charge in [0.15, 0.2) is 6.61 Å². The first kappa shape index (κ1) is 19.3. The van der Waals surface area contributed by atoms with Crippen molar-refractivity contribution in [2.45, 2.75) is 0 Å². The van der Waals surface area contributed by atoms with Gasteiger partial charge in [-0.1, -0.05) is 34.8 Å². The van der Waals surface area contributed by atoms with Crippen LogP contribution in [0.4, 0.5) is 0 Å². The molecule has 0 aliphatic carbocycles. The van der Waals surface area contributed by atoms with E-state index in [1.165, 1.54) is 6.21 Å². The van der Waals surface area contributed by atoms with Gasteiger partial charge in [0.2, 0.25) is 0 Å². The third kappa shape index (κ3) is 5.50. The molecule has 27 heavy (non-hydrogen) atoms. The normalized spacial score (nSPS) is 10.9. The minimum Gasteiger partial charge on any atom is -0.484 e. The van der Waals surface area contributed by atoms with Crippen LogP contribution < -0.4 is 10.2 Å². The lowest BCUT2D eigenvalue weighted by Gasteiger charge is -2.04. The third-order valence-electron chi connectivity index (χ3n) is 3.40. The van der Waals surface area contributed by atoms with Gasteiger partial charge in [0.05, 0.1) is 16.3 Å². The van der Waals surface area contributed by atoms with E-state index < -0.39 is 5.91 Å². The van der Waals surface area contributed by atoms with Gasteiger partial charge in [-0.3, -0.25) is 4.79 Å². The molecule has 8 heteroatoms. The Morgan fingerprint density at radius 1 is 1.04 bits per heavy atom. The Balaban J connectivity index is 1.52. The summed E-state index contributed by atoms with van der Waals surface area (Å²) in [6.07, 6.45) is 1.39. The zero-order valence-corrected chi connectivity index (χ0v) is 16.1. The molecule has 0 aliphatic rings. The number of carbonyl (C=O) groups is 1. The van der Waals surface area contributed by atoms with Crippen LogP contribution in [-0.4, -0.2) is 18.7 Å². The van der Waals surface area contributed by atoms with E-state index in [2.05, 4.69) is 10.5 Å². The van der Waals surface area contributed by atoms with Crippen LogP contribution in [0.3, 0.4) is 0 Å². The molecular weight excluding hydrogens is 411 g/mol. The van der Waals surface area contributed by atoms with Crippen molar-refractivity contribution in [1.82, 2.24) is 5.43 Å². The molecule has 5 nitrogen and oxygen atoms in total. The summed E-state index contributed by atoms with van der Waals surface area (Å²) in [6.45, 7) is -0.175. The van der Waals surface area contributed by atoms with Crippen molar-refractivity contribution >= 4 is 46.9 Å². The molecule has 3 aromatic rings. The maximum Gasteiger partial charge on any atom is 0.277 e. The number of halogens is 3. The van der Waals surface area contributed by atoms with Gasteiger partial charge in [-0.15, -0.1) is 0 Å². The molecule has 2 aromatic carbocycles. The molecule has 1 amide bonds. The van der Waals surface area contributed by atoms with Crippen molar-refractivity contribution in [2.24, 2.45) is 5.10 Å². The lowest BCUT2D eigenvalue weighted by Crippen LogP contribution is -2.24. The molecule has 3 rings (SSSR count). The van der Waals surface area contributed by atoms with Gasteiger partial charge in [0.1, 0.15) is 17.3 Å². The van der Waals surface area contributed by atoms with Crippen molar-refractivity contribution < 1.29 is 13.9 Å². The van der Waals surface area contributed by atoms with E-state index in [4.69, 9.17) is 44.0 Å². The molecule has 0 saturated heterocycles. The number of carbonyl (C=O) groups excluding carboxylic acids is 1. The van der Waals surface area contributed by atoms with E-state index in [-0.39, 0.29) is 6.61 Å². The van der Waals surface area contributed by atoms with Crippen molar-refractivity contribution in [1.29, 1.82) is 0 Å². The zero-order valence-electron chi connectivity index (χ0n) is 13.8. The number of nitrogens with zero attached hydrogens (tertiary/aromatic N) is 1. The number of benzene rings is 2. The molecule has 0 bridgehead atoms. The highest BCUT2D eigenvalue weighted by molar-refractivity contribution is 6.42. The first-order valence-corrected chi connectivity index (χ1v) is 8.90. The number of nitrogens with one attached hydrogen (secondary N) is 1. The Morgan fingerprint density at radius 3 is 2.56 bits per heavy atom. The standard InChI is InChI=1S/C19H13Cl3N2O3/c20-13-2-4-14(5-3-13)26-11-19(25)24-23-10-15-6-8-18(27-15)12-1-7-16(21)17(22)9-12/h1-10H,11H2,(H,24,25)/b23-10+. The lowest BCUT2D eigenvalue weighted by atomic mass is 10.2. The predicted molar refractivity (Wildman–Crippen MR) is 107 cm³/mol. The Hall–Kier alpha value is -2.47. The Morgan fingerprint density at radius 2 is 1.81 bits per heavy atom. The fourth-order valence-corrected chi connectivity index (χ4v) is 2.53. The number of hydrogen-bond donors (Lipinski definition) is 1. The first-order valence-electron chi connectivity index (χ1n) is 7.77. The molecule has 0 aliphatic heterocycles. The maximum atomic E-state index is 11.7. The topological polar surface area (TPSA) is 63.8 Å². The van der Waals surface area contributed by atoms with Gasteiger partial charge >= 0.3 is 0 Å². The third-order valence-corrected chi connectivity index (χ3v) is 4.39. The maximum absolute atomic E-state index is 11.7. The minimum atomic E-state index is -0.405. The molecule has 1 N–H and O–H groups in total. The molecule has 0 saturated carbocycles. The summed E-state index contributed by atoms with van der Waals surface area (Å²) in [6, 6.07) is 15.4.